The van der Waals surface area contributed by atoms with Crippen LogP contribution in [0.3, 0.4) is 0 Å². The number of carbonyl (C=O) groups excluding carboxylic acids is 2. The van der Waals surface area contributed by atoms with Crippen molar-refractivity contribution in [2.75, 3.05) is 40.9 Å². The van der Waals surface area contributed by atoms with Gasteiger partial charge in [-0.05, 0) is 89.5 Å². The van der Waals surface area contributed by atoms with Gasteiger partial charge in [0.05, 0.1) is 33.8 Å². The lowest BCUT2D eigenvalue weighted by atomic mass is 10.0. The highest BCUT2D eigenvalue weighted by molar-refractivity contribution is 7.45. The Labute approximate surface area is 541 Å². The number of ether oxygens (including phenoxy) is 1. The van der Waals surface area contributed by atoms with Crippen molar-refractivity contribution in [1.82, 2.24) is 5.32 Å². The second-order valence-electron chi connectivity index (χ2n) is 27.1. The van der Waals surface area contributed by atoms with Gasteiger partial charge in [-0.2, -0.15) is 0 Å². The Morgan fingerprint density at radius 1 is 0.402 bits per heavy atom. The molecule has 0 rings (SSSR count). The van der Waals surface area contributed by atoms with Crippen molar-refractivity contribution in [3.63, 3.8) is 0 Å². The largest absolute Gasteiger partial charge is 0.756 e. The fraction of sp³-hybridized carbons (Fsp3) is 0.870. The molecule has 87 heavy (non-hydrogen) atoms. The van der Waals surface area contributed by atoms with Crippen LogP contribution >= 0.6 is 7.82 Å². The van der Waals surface area contributed by atoms with Crippen molar-refractivity contribution in [2.24, 2.45) is 0 Å². The van der Waals surface area contributed by atoms with Gasteiger partial charge in [0.1, 0.15) is 19.3 Å². The second kappa shape index (κ2) is 66.9. The lowest BCUT2D eigenvalue weighted by Gasteiger charge is -2.30. The maximum absolute atomic E-state index is 13.6. The zero-order valence-electron chi connectivity index (χ0n) is 58.7. The maximum atomic E-state index is 13.6. The monoisotopic (exact) mass is 1240 g/mol. The number of likely N-dealkylation sites (N-methyl/N-ethyl adjacent to an activating group) is 1. The molecule has 10 heteroatoms. The molecule has 1 N–H and O–H groups in total. The van der Waals surface area contributed by atoms with Crippen molar-refractivity contribution in [3.05, 3.63) is 48.6 Å². The first-order valence-electron chi connectivity index (χ1n) is 37.9. The molecule has 0 saturated carbocycles. The fourth-order valence-corrected chi connectivity index (χ4v) is 12.1. The number of phosphoric ester groups is 1. The van der Waals surface area contributed by atoms with Gasteiger partial charge in [-0.3, -0.25) is 14.2 Å². The highest BCUT2D eigenvalue weighted by atomic mass is 31.2. The molecular weight excluding hydrogens is 1100 g/mol. The Morgan fingerprint density at radius 2 is 0.701 bits per heavy atom. The Hall–Kier alpha value is -2.03. The van der Waals surface area contributed by atoms with Crippen LogP contribution in [-0.2, 0) is 27.9 Å². The van der Waals surface area contributed by atoms with E-state index in [1.807, 2.05) is 33.3 Å². The highest BCUT2D eigenvalue weighted by Crippen LogP contribution is 2.38. The lowest BCUT2D eigenvalue weighted by molar-refractivity contribution is -0.870. The molecule has 0 aliphatic carbocycles. The number of nitrogens with zero attached hydrogens (tertiary/aromatic N) is 1. The minimum absolute atomic E-state index is 0.0201. The van der Waals surface area contributed by atoms with Gasteiger partial charge in [0, 0.05) is 12.8 Å². The standard InChI is InChI=1S/C77H147N2O7P/c1-7-10-13-16-19-22-25-27-29-31-33-35-37-38-39-40-42-44-46-48-50-52-55-58-61-64-67-70-77(81)86-75(68-65-62-59-56-53-24-21-18-15-12-9-3)74(73-85-87(82,83)84-72-71-79(4,5)6)78-76(80)69-66-63-60-57-54-51-49-47-45-43-41-36-34-32-30-28-26-23-20-17-14-11-8-2/h19,22,27-30,65,68,74-75H,7-18,20-21,23-26,31-64,66-67,69-73H2,1-6H3,(H-,78,80,82,83)/b22-19-,29-27-,30-28+,68-65+. The number of nitrogens with one attached hydrogen (secondary N) is 1. The van der Waals surface area contributed by atoms with Crippen LogP contribution in [0.25, 0.3) is 0 Å². The fourth-order valence-electron chi connectivity index (χ4n) is 11.4. The van der Waals surface area contributed by atoms with Gasteiger partial charge in [-0.25, -0.2) is 0 Å². The third kappa shape index (κ3) is 68.2. The molecule has 3 unspecified atom stereocenters. The molecule has 0 saturated heterocycles. The molecule has 0 aromatic rings. The first kappa shape index (κ1) is 85.0. The van der Waals surface area contributed by atoms with Crippen molar-refractivity contribution < 1.29 is 37.3 Å². The van der Waals surface area contributed by atoms with E-state index < -0.39 is 20.0 Å². The topological polar surface area (TPSA) is 114 Å². The Kier molecular flexibility index (Phi) is 65.3. The van der Waals surface area contributed by atoms with Crippen LogP contribution in [0.2, 0.25) is 0 Å². The van der Waals surface area contributed by atoms with Crippen LogP contribution in [0.1, 0.15) is 380 Å². The summed E-state index contributed by atoms with van der Waals surface area (Å²) in [5, 5.41) is 3.05. The van der Waals surface area contributed by atoms with Crippen LogP contribution in [0.4, 0.5) is 0 Å². The average Bonchev–Trinajstić information content (AvgIpc) is 3.70. The number of allylic oxidation sites excluding steroid dienone is 7. The van der Waals surface area contributed by atoms with Crippen LogP contribution in [0, 0.1) is 0 Å². The third-order valence-electron chi connectivity index (χ3n) is 17.2. The van der Waals surface area contributed by atoms with E-state index in [1.54, 1.807) is 0 Å². The van der Waals surface area contributed by atoms with Crippen molar-refractivity contribution in [1.29, 1.82) is 0 Å². The summed E-state index contributed by atoms with van der Waals surface area (Å²) in [5.41, 5.74) is 0. The molecular formula is C77H147N2O7P. The van der Waals surface area contributed by atoms with Gasteiger partial charge in [0.2, 0.25) is 5.91 Å². The van der Waals surface area contributed by atoms with E-state index in [-0.39, 0.29) is 31.5 Å². The molecule has 0 aliphatic heterocycles. The van der Waals surface area contributed by atoms with Crippen LogP contribution in [0.15, 0.2) is 48.6 Å². The molecule has 0 aromatic heterocycles. The lowest BCUT2D eigenvalue weighted by Crippen LogP contribution is -2.47. The number of unbranched alkanes of at least 4 members (excludes halogenated alkanes) is 48. The van der Waals surface area contributed by atoms with Crippen LogP contribution in [0.5, 0.6) is 0 Å². The number of amides is 1. The van der Waals surface area contributed by atoms with Crippen LogP contribution < -0.4 is 10.2 Å². The molecule has 0 heterocycles. The van der Waals surface area contributed by atoms with E-state index in [2.05, 4.69) is 62.5 Å². The summed E-state index contributed by atoms with van der Waals surface area (Å²) in [6, 6.07) is -0.887. The summed E-state index contributed by atoms with van der Waals surface area (Å²) in [7, 11) is 1.20. The Balaban J connectivity index is 4.90. The number of hydrogen-bond donors (Lipinski definition) is 1. The first-order valence-corrected chi connectivity index (χ1v) is 39.4. The summed E-state index contributed by atoms with van der Waals surface area (Å²) in [5.74, 6) is -0.522. The zero-order valence-corrected chi connectivity index (χ0v) is 59.6. The van der Waals surface area contributed by atoms with E-state index in [0.717, 1.165) is 64.2 Å². The van der Waals surface area contributed by atoms with Gasteiger partial charge >= 0.3 is 5.97 Å². The number of esters is 1. The average molecular weight is 1240 g/mol. The van der Waals surface area contributed by atoms with Gasteiger partial charge in [0.25, 0.3) is 7.82 Å². The van der Waals surface area contributed by atoms with E-state index >= 15 is 0 Å². The van der Waals surface area contributed by atoms with E-state index in [0.29, 0.717) is 17.4 Å². The number of hydrogen-bond acceptors (Lipinski definition) is 7. The van der Waals surface area contributed by atoms with E-state index in [4.69, 9.17) is 13.8 Å². The molecule has 0 fully saturated rings. The smallest absolute Gasteiger partial charge is 0.306 e. The molecule has 1 amide bonds. The van der Waals surface area contributed by atoms with Gasteiger partial charge < -0.3 is 28.5 Å². The van der Waals surface area contributed by atoms with Gasteiger partial charge in [-0.1, -0.05) is 327 Å². The molecule has 0 spiro atoms. The summed E-state index contributed by atoms with van der Waals surface area (Å²) >= 11 is 0. The molecule has 9 nitrogen and oxygen atoms in total. The Morgan fingerprint density at radius 3 is 1.07 bits per heavy atom. The summed E-state index contributed by atoms with van der Waals surface area (Å²) in [6.07, 6.45) is 85.4. The minimum Gasteiger partial charge on any atom is -0.756 e. The quantitative estimate of drug-likeness (QED) is 0.0212. The molecule has 0 aliphatic rings. The summed E-state index contributed by atoms with van der Waals surface area (Å²) in [4.78, 5) is 40.2. The van der Waals surface area contributed by atoms with Crippen molar-refractivity contribution in [3.8, 4) is 0 Å². The summed E-state index contributed by atoms with van der Waals surface area (Å²) in [6.45, 7) is 6.87. The third-order valence-corrected chi connectivity index (χ3v) is 18.2. The van der Waals surface area contributed by atoms with E-state index in [9.17, 15) is 19.0 Å². The SMILES string of the molecule is CCCCC/C=C\C/C=C\CCCCCCCCCCCCCCCCCCCC(=O)OC(/C=C/CCCCCCCCCCC)C(COP(=O)([O-])OCC[N+](C)(C)C)NC(=O)CCCCCCCCCCCCCCC/C=C/CCCCCCCC. The molecule has 0 aromatic carbocycles. The van der Waals surface area contributed by atoms with Crippen LogP contribution in [-0.4, -0.2) is 69.4 Å². The van der Waals surface area contributed by atoms with E-state index in [1.165, 1.54) is 283 Å². The Bertz CT molecular complexity index is 1620. The van der Waals surface area contributed by atoms with Gasteiger partial charge in [0.15, 0.2) is 0 Å². The summed E-state index contributed by atoms with van der Waals surface area (Å²) < 4.78 is 30.5. The molecule has 512 valence electrons. The van der Waals surface area contributed by atoms with Crippen molar-refractivity contribution >= 4 is 19.7 Å². The minimum atomic E-state index is -4.70. The van der Waals surface area contributed by atoms with Crippen molar-refractivity contribution in [2.45, 2.75) is 392 Å². The predicted octanol–water partition coefficient (Wildman–Crippen LogP) is 23.7. The number of phosphoric acid groups is 1. The number of rotatable bonds is 70. The van der Waals surface area contributed by atoms with Gasteiger partial charge in [-0.15, -0.1) is 0 Å². The highest BCUT2D eigenvalue weighted by Gasteiger charge is 2.27. The number of carbonyl (C=O) groups is 2. The maximum Gasteiger partial charge on any atom is 0.306 e. The molecule has 0 bridgehead atoms. The molecule has 0 radical (unpaired) electrons. The molecule has 3 atom stereocenters. The first-order chi connectivity index (χ1) is 42.4. The second-order valence-corrected chi connectivity index (χ2v) is 28.6. The predicted molar refractivity (Wildman–Crippen MR) is 376 cm³/mol. The number of quaternary nitrogens is 1. The zero-order chi connectivity index (χ0) is 63.5. The normalized spacial score (nSPS) is 13.7.